The highest BCUT2D eigenvalue weighted by atomic mass is 15.3. The van der Waals surface area contributed by atoms with Crippen molar-refractivity contribution in [2.45, 2.75) is 19.3 Å². The van der Waals surface area contributed by atoms with Gasteiger partial charge in [-0.1, -0.05) is 0 Å². The Labute approximate surface area is 97.7 Å². The van der Waals surface area contributed by atoms with E-state index in [0.29, 0.717) is 0 Å². The molecule has 1 aliphatic rings. The van der Waals surface area contributed by atoms with Crippen LogP contribution in [0.25, 0.3) is 0 Å². The van der Waals surface area contributed by atoms with Crippen molar-refractivity contribution >= 4 is 5.95 Å². The second-order valence-corrected chi connectivity index (χ2v) is 4.66. The summed E-state index contributed by atoms with van der Waals surface area (Å²) in [6.07, 6.45) is 7.80. The molecule has 0 spiro atoms. The van der Waals surface area contributed by atoms with Gasteiger partial charge in [-0.05, 0) is 38.8 Å². The van der Waals surface area contributed by atoms with Crippen molar-refractivity contribution < 1.29 is 0 Å². The van der Waals surface area contributed by atoms with Gasteiger partial charge < -0.3 is 14.8 Å². The minimum atomic E-state index is 0.893. The molecule has 1 saturated heterocycles. The fraction of sp³-hybridized carbons (Fsp3) is 0.750. The Kier molecular flexibility index (Phi) is 3.83. The van der Waals surface area contributed by atoms with E-state index in [9.17, 15) is 0 Å². The molecule has 0 atom stereocenters. The number of hydrogen-bond acceptors (Lipinski definition) is 3. The molecule has 2 rings (SSSR count). The van der Waals surface area contributed by atoms with Gasteiger partial charge in [-0.25, -0.2) is 4.98 Å². The highest BCUT2D eigenvalue weighted by Gasteiger charge is 2.20. The molecule has 1 fully saturated rings. The van der Waals surface area contributed by atoms with E-state index in [2.05, 4.69) is 26.8 Å². The van der Waals surface area contributed by atoms with Gasteiger partial charge in [0.1, 0.15) is 0 Å². The Bertz CT molecular complexity index is 313. The molecule has 90 valence electrons. The molecule has 0 bridgehead atoms. The highest BCUT2D eigenvalue weighted by Crippen LogP contribution is 2.23. The van der Waals surface area contributed by atoms with Crippen LogP contribution >= 0.6 is 0 Å². The fourth-order valence-electron chi connectivity index (χ4n) is 2.43. The summed E-state index contributed by atoms with van der Waals surface area (Å²) in [5.74, 6) is 2.01. The summed E-state index contributed by atoms with van der Waals surface area (Å²) < 4.78 is 2.11. The molecule has 1 aromatic heterocycles. The third-order valence-corrected chi connectivity index (χ3v) is 3.50. The number of aryl methyl sites for hydroxylation is 1. The molecule has 0 saturated carbocycles. The standard InChI is InChI=1S/C12H22N4/c1-13-6-3-11-4-8-16(9-5-11)12-14-7-10-15(12)2/h7,10-11,13H,3-6,8-9H2,1-2H3. The molecule has 0 aromatic carbocycles. The Morgan fingerprint density at radius 2 is 2.19 bits per heavy atom. The van der Waals surface area contributed by atoms with Crippen LogP contribution in [0.15, 0.2) is 12.4 Å². The predicted molar refractivity (Wildman–Crippen MR) is 66.7 cm³/mol. The topological polar surface area (TPSA) is 33.1 Å². The van der Waals surface area contributed by atoms with E-state index in [1.807, 2.05) is 19.4 Å². The van der Waals surface area contributed by atoms with Crippen LogP contribution in [0.5, 0.6) is 0 Å². The van der Waals surface area contributed by atoms with Crippen LogP contribution in [0.3, 0.4) is 0 Å². The van der Waals surface area contributed by atoms with Crippen molar-refractivity contribution in [2.75, 3.05) is 31.6 Å². The largest absolute Gasteiger partial charge is 0.342 e. The van der Waals surface area contributed by atoms with Gasteiger partial charge in [0.2, 0.25) is 5.95 Å². The highest BCUT2D eigenvalue weighted by molar-refractivity contribution is 5.31. The average molecular weight is 222 g/mol. The molecule has 1 N–H and O–H groups in total. The molecule has 0 amide bonds. The molecular weight excluding hydrogens is 200 g/mol. The lowest BCUT2D eigenvalue weighted by molar-refractivity contribution is 0.374. The number of hydrogen-bond donors (Lipinski definition) is 1. The number of piperidine rings is 1. The Morgan fingerprint density at radius 1 is 1.44 bits per heavy atom. The summed E-state index contributed by atoms with van der Waals surface area (Å²) in [5.41, 5.74) is 0. The quantitative estimate of drug-likeness (QED) is 0.832. The van der Waals surface area contributed by atoms with Crippen LogP contribution in [-0.2, 0) is 7.05 Å². The van der Waals surface area contributed by atoms with E-state index in [1.54, 1.807) is 0 Å². The SMILES string of the molecule is CNCCC1CCN(c2nccn2C)CC1. The predicted octanol–water partition coefficient (Wildman–Crippen LogP) is 1.25. The van der Waals surface area contributed by atoms with E-state index in [-0.39, 0.29) is 0 Å². The van der Waals surface area contributed by atoms with E-state index in [1.165, 1.54) is 19.3 Å². The first-order chi connectivity index (χ1) is 7.81. The Morgan fingerprint density at radius 3 is 2.75 bits per heavy atom. The second kappa shape index (κ2) is 5.34. The van der Waals surface area contributed by atoms with Crippen molar-refractivity contribution in [3.8, 4) is 0 Å². The number of nitrogens with one attached hydrogen (secondary N) is 1. The van der Waals surface area contributed by atoms with Crippen LogP contribution in [0.2, 0.25) is 0 Å². The molecule has 1 aromatic rings. The maximum absolute atomic E-state index is 4.40. The van der Waals surface area contributed by atoms with Crippen molar-refractivity contribution in [1.29, 1.82) is 0 Å². The van der Waals surface area contributed by atoms with Crippen molar-refractivity contribution in [2.24, 2.45) is 13.0 Å². The van der Waals surface area contributed by atoms with Gasteiger partial charge in [0.15, 0.2) is 0 Å². The molecule has 0 aliphatic carbocycles. The number of imidazole rings is 1. The molecule has 0 unspecified atom stereocenters. The summed E-state index contributed by atoms with van der Waals surface area (Å²) in [4.78, 5) is 6.80. The molecule has 1 aliphatic heterocycles. The first-order valence-electron chi connectivity index (χ1n) is 6.18. The summed E-state index contributed by atoms with van der Waals surface area (Å²) >= 11 is 0. The van der Waals surface area contributed by atoms with Gasteiger partial charge in [-0.3, -0.25) is 0 Å². The lowest BCUT2D eigenvalue weighted by Gasteiger charge is -2.32. The van der Waals surface area contributed by atoms with Gasteiger partial charge in [0.25, 0.3) is 0 Å². The summed E-state index contributed by atoms with van der Waals surface area (Å²) in [7, 11) is 4.10. The smallest absolute Gasteiger partial charge is 0.205 e. The van der Waals surface area contributed by atoms with Gasteiger partial charge in [0, 0.05) is 32.5 Å². The monoisotopic (exact) mass is 222 g/mol. The summed E-state index contributed by atoms with van der Waals surface area (Å²) in [6.45, 7) is 3.45. The molecule has 4 heteroatoms. The van der Waals surface area contributed by atoms with Crippen LogP contribution < -0.4 is 10.2 Å². The van der Waals surface area contributed by atoms with E-state index < -0.39 is 0 Å². The van der Waals surface area contributed by atoms with Crippen LogP contribution in [0.4, 0.5) is 5.95 Å². The third kappa shape index (κ3) is 2.55. The minimum Gasteiger partial charge on any atom is -0.342 e. The second-order valence-electron chi connectivity index (χ2n) is 4.66. The maximum Gasteiger partial charge on any atom is 0.205 e. The minimum absolute atomic E-state index is 0.893. The zero-order valence-corrected chi connectivity index (χ0v) is 10.3. The van der Waals surface area contributed by atoms with Gasteiger partial charge in [-0.2, -0.15) is 0 Å². The van der Waals surface area contributed by atoms with Crippen molar-refractivity contribution in [3.05, 3.63) is 12.4 Å². The molecular formula is C12H22N4. The Balaban J connectivity index is 1.83. The van der Waals surface area contributed by atoms with Crippen LogP contribution in [0.1, 0.15) is 19.3 Å². The zero-order chi connectivity index (χ0) is 11.4. The Hall–Kier alpha value is -1.03. The average Bonchev–Trinajstić information content (AvgIpc) is 2.74. The maximum atomic E-state index is 4.40. The van der Waals surface area contributed by atoms with Crippen molar-refractivity contribution in [3.63, 3.8) is 0 Å². The van der Waals surface area contributed by atoms with Crippen molar-refractivity contribution in [1.82, 2.24) is 14.9 Å². The molecule has 16 heavy (non-hydrogen) atoms. The first-order valence-corrected chi connectivity index (χ1v) is 6.18. The third-order valence-electron chi connectivity index (χ3n) is 3.50. The summed E-state index contributed by atoms with van der Waals surface area (Å²) in [6, 6.07) is 0. The van der Waals surface area contributed by atoms with Gasteiger partial charge in [-0.15, -0.1) is 0 Å². The fourth-order valence-corrected chi connectivity index (χ4v) is 2.43. The van der Waals surface area contributed by atoms with E-state index in [0.717, 1.165) is 31.5 Å². The number of anilines is 1. The van der Waals surface area contributed by atoms with E-state index in [4.69, 9.17) is 0 Å². The number of rotatable bonds is 4. The van der Waals surface area contributed by atoms with Gasteiger partial charge >= 0.3 is 0 Å². The first kappa shape index (κ1) is 11.5. The summed E-state index contributed by atoms with van der Waals surface area (Å²) in [5, 5.41) is 3.23. The molecule has 2 heterocycles. The lowest BCUT2D eigenvalue weighted by Crippen LogP contribution is -2.35. The lowest BCUT2D eigenvalue weighted by atomic mass is 9.94. The van der Waals surface area contributed by atoms with Crippen LogP contribution in [0, 0.1) is 5.92 Å². The zero-order valence-electron chi connectivity index (χ0n) is 10.3. The molecule has 4 nitrogen and oxygen atoms in total. The number of aromatic nitrogens is 2. The number of nitrogens with zero attached hydrogens (tertiary/aromatic N) is 3. The normalized spacial score (nSPS) is 18.0. The van der Waals surface area contributed by atoms with Crippen LogP contribution in [-0.4, -0.2) is 36.2 Å². The van der Waals surface area contributed by atoms with Gasteiger partial charge in [0.05, 0.1) is 0 Å². The van der Waals surface area contributed by atoms with E-state index >= 15 is 0 Å². The molecule has 0 radical (unpaired) electrons.